The summed E-state index contributed by atoms with van der Waals surface area (Å²) in [4.78, 5) is 21.4. The van der Waals surface area contributed by atoms with Gasteiger partial charge in [-0.3, -0.25) is 9.69 Å². The molecule has 126 valence electrons. The number of hydrogen-bond acceptors (Lipinski definition) is 6. The van der Waals surface area contributed by atoms with Gasteiger partial charge < -0.3 is 14.2 Å². The maximum Gasteiger partial charge on any atom is 0.240 e. The minimum atomic E-state index is 0.0904. The molecule has 1 aromatic rings. The molecule has 3 fully saturated rings. The second-order valence-electron chi connectivity index (χ2n) is 6.83. The molecule has 2 saturated heterocycles. The van der Waals surface area contributed by atoms with Crippen molar-refractivity contribution in [3.05, 3.63) is 11.7 Å². The first-order chi connectivity index (χ1) is 11.3. The fourth-order valence-corrected chi connectivity index (χ4v) is 3.47. The Kier molecular flexibility index (Phi) is 4.31. The highest BCUT2D eigenvalue weighted by Crippen LogP contribution is 2.38. The molecule has 0 aromatic carbocycles. The molecule has 1 atom stereocenters. The van der Waals surface area contributed by atoms with Crippen LogP contribution in [0.1, 0.15) is 43.3 Å². The molecular weight excluding hydrogens is 296 g/mol. The molecule has 2 aliphatic heterocycles. The molecule has 0 bridgehead atoms. The Bertz CT molecular complexity index is 551. The molecule has 23 heavy (non-hydrogen) atoms. The van der Waals surface area contributed by atoms with E-state index in [1.807, 2.05) is 4.90 Å². The number of amides is 1. The summed E-state index contributed by atoms with van der Waals surface area (Å²) in [6, 6.07) is 0. The van der Waals surface area contributed by atoms with Crippen LogP contribution in [0.15, 0.2) is 4.52 Å². The van der Waals surface area contributed by atoms with Gasteiger partial charge in [-0.25, -0.2) is 0 Å². The average Bonchev–Trinajstić information content (AvgIpc) is 3.35. The van der Waals surface area contributed by atoms with Crippen molar-refractivity contribution in [2.75, 3.05) is 39.4 Å². The molecule has 1 aromatic heterocycles. The van der Waals surface area contributed by atoms with Crippen molar-refractivity contribution in [1.82, 2.24) is 19.9 Å². The fourth-order valence-electron chi connectivity index (χ4n) is 3.47. The van der Waals surface area contributed by atoms with Crippen molar-refractivity contribution in [3.63, 3.8) is 0 Å². The quantitative estimate of drug-likeness (QED) is 0.825. The third kappa shape index (κ3) is 3.55. The smallest absolute Gasteiger partial charge is 0.240 e. The van der Waals surface area contributed by atoms with Crippen molar-refractivity contribution in [3.8, 4) is 0 Å². The van der Waals surface area contributed by atoms with E-state index in [2.05, 4.69) is 15.0 Å². The molecule has 0 unspecified atom stereocenters. The van der Waals surface area contributed by atoms with Gasteiger partial charge in [-0.2, -0.15) is 4.98 Å². The first-order valence-corrected chi connectivity index (χ1v) is 8.71. The highest BCUT2D eigenvalue weighted by molar-refractivity contribution is 5.79. The Labute approximate surface area is 136 Å². The minimum Gasteiger partial charge on any atom is -0.378 e. The summed E-state index contributed by atoms with van der Waals surface area (Å²) >= 11 is 0. The van der Waals surface area contributed by atoms with E-state index in [4.69, 9.17) is 9.26 Å². The van der Waals surface area contributed by atoms with Crippen LogP contribution in [0.5, 0.6) is 0 Å². The van der Waals surface area contributed by atoms with Crippen molar-refractivity contribution in [2.45, 2.75) is 38.1 Å². The van der Waals surface area contributed by atoms with Crippen LogP contribution in [-0.2, 0) is 16.1 Å². The summed E-state index contributed by atoms with van der Waals surface area (Å²) in [6.07, 6.45) is 4.38. The van der Waals surface area contributed by atoms with Crippen LogP contribution in [0, 0.1) is 5.92 Å². The normalized spacial score (nSPS) is 26.4. The van der Waals surface area contributed by atoms with Crippen LogP contribution in [-0.4, -0.2) is 65.2 Å². The predicted molar refractivity (Wildman–Crippen MR) is 81.7 cm³/mol. The lowest BCUT2D eigenvalue weighted by molar-refractivity contribution is -0.141. The third-order valence-electron chi connectivity index (χ3n) is 4.96. The number of carbonyl (C=O) groups is 1. The molecule has 1 aliphatic carbocycles. The van der Waals surface area contributed by atoms with Crippen LogP contribution in [0.3, 0.4) is 0 Å². The highest BCUT2D eigenvalue weighted by atomic mass is 16.5. The lowest BCUT2D eigenvalue weighted by atomic mass is 9.96. The summed E-state index contributed by atoms with van der Waals surface area (Å²) in [6.45, 7) is 5.22. The maximum absolute atomic E-state index is 12.6. The van der Waals surface area contributed by atoms with Crippen LogP contribution in [0.25, 0.3) is 0 Å². The molecule has 1 amide bonds. The molecule has 0 radical (unpaired) electrons. The fraction of sp³-hybridized carbons (Fsp3) is 0.812. The standard InChI is InChI=1S/C16H24N4O3/c21-16(20-6-8-22-9-7-20)13-2-1-5-19(10-13)11-14-17-15(18-23-14)12-3-4-12/h12-13H,1-11H2/t13-/m0/s1. The van der Waals surface area contributed by atoms with Gasteiger partial charge in [0, 0.05) is 25.6 Å². The number of nitrogens with zero attached hydrogens (tertiary/aromatic N) is 4. The monoisotopic (exact) mass is 320 g/mol. The highest BCUT2D eigenvalue weighted by Gasteiger charge is 2.32. The molecule has 0 spiro atoms. The first kappa shape index (κ1) is 15.1. The lowest BCUT2D eigenvalue weighted by Crippen LogP contribution is -2.48. The maximum atomic E-state index is 12.6. The second-order valence-corrected chi connectivity index (χ2v) is 6.83. The molecule has 7 nitrogen and oxygen atoms in total. The zero-order valence-corrected chi connectivity index (χ0v) is 13.4. The van der Waals surface area contributed by atoms with Crippen molar-refractivity contribution in [1.29, 1.82) is 0 Å². The van der Waals surface area contributed by atoms with Gasteiger partial charge >= 0.3 is 0 Å². The lowest BCUT2D eigenvalue weighted by Gasteiger charge is -2.35. The number of piperidine rings is 1. The van der Waals surface area contributed by atoms with E-state index >= 15 is 0 Å². The van der Waals surface area contributed by atoms with Gasteiger partial charge in [0.1, 0.15) is 0 Å². The van der Waals surface area contributed by atoms with Crippen LogP contribution in [0.4, 0.5) is 0 Å². The molecule has 7 heteroatoms. The Morgan fingerprint density at radius 2 is 2.00 bits per heavy atom. The van der Waals surface area contributed by atoms with Crippen LogP contribution in [0.2, 0.25) is 0 Å². The van der Waals surface area contributed by atoms with Gasteiger partial charge in [0.05, 0.1) is 25.7 Å². The molecule has 0 N–H and O–H groups in total. The third-order valence-corrected chi connectivity index (χ3v) is 4.96. The van der Waals surface area contributed by atoms with E-state index in [1.165, 1.54) is 12.8 Å². The Morgan fingerprint density at radius 1 is 1.17 bits per heavy atom. The largest absolute Gasteiger partial charge is 0.378 e. The van der Waals surface area contributed by atoms with Gasteiger partial charge in [-0.05, 0) is 32.2 Å². The summed E-state index contributed by atoms with van der Waals surface area (Å²) in [5, 5.41) is 4.07. The Hall–Kier alpha value is -1.47. The van der Waals surface area contributed by atoms with E-state index in [1.54, 1.807) is 0 Å². The molecule has 3 heterocycles. The number of hydrogen-bond donors (Lipinski definition) is 0. The zero-order valence-electron chi connectivity index (χ0n) is 13.4. The number of rotatable bonds is 4. The number of aromatic nitrogens is 2. The molecular formula is C16H24N4O3. The topological polar surface area (TPSA) is 71.7 Å². The van der Waals surface area contributed by atoms with E-state index in [0.29, 0.717) is 31.6 Å². The van der Waals surface area contributed by atoms with E-state index in [-0.39, 0.29) is 11.8 Å². The predicted octanol–water partition coefficient (Wildman–Crippen LogP) is 1.02. The molecule has 4 rings (SSSR count). The van der Waals surface area contributed by atoms with Gasteiger partial charge in [0.2, 0.25) is 11.8 Å². The summed E-state index contributed by atoms with van der Waals surface area (Å²) in [5.74, 6) is 2.43. The number of carbonyl (C=O) groups excluding carboxylic acids is 1. The van der Waals surface area contributed by atoms with Gasteiger partial charge in [0.25, 0.3) is 0 Å². The second kappa shape index (κ2) is 6.57. The zero-order chi connectivity index (χ0) is 15.6. The van der Waals surface area contributed by atoms with Crippen molar-refractivity contribution < 1.29 is 14.1 Å². The number of likely N-dealkylation sites (tertiary alicyclic amines) is 1. The summed E-state index contributed by atoms with van der Waals surface area (Å²) in [5.41, 5.74) is 0. The van der Waals surface area contributed by atoms with E-state index in [9.17, 15) is 4.79 Å². The van der Waals surface area contributed by atoms with Gasteiger partial charge in [-0.15, -0.1) is 0 Å². The SMILES string of the molecule is O=C([C@H]1CCCN(Cc2nc(C3CC3)no2)C1)N1CCOCC1. The molecule has 1 saturated carbocycles. The minimum absolute atomic E-state index is 0.0904. The van der Waals surface area contributed by atoms with Crippen molar-refractivity contribution >= 4 is 5.91 Å². The summed E-state index contributed by atoms with van der Waals surface area (Å²) in [7, 11) is 0. The van der Waals surface area contributed by atoms with Crippen molar-refractivity contribution in [2.24, 2.45) is 5.92 Å². The summed E-state index contributed by atoms with van der Waals surface area (Å²) < 4.78 is 10.7. The van der Waals surface area contributed by atoms with E-state index < -0.39 is 0 Å². The Morgan fingerprint density at radius 3 is 2.78 bits per heavy atom. The Balaban J connectivity index is 1.33. The van der Waals surface area contributed by atoms with E-state index in [0.717, 1.165) is 44.8 Å². The van der Waals surface area contributed by atoms with Gasteiger partial charge in [0.15, 0.2) is 5.82 Å². The van der Waals surface area contributed by atoms with Gasteiger partial charge in [-0.1, -0.05) is 5.16 Å². The number of ether oxygens (including phenoxy) is 1. The van der Waals surface area contributed by atoms with Crippen LogP contribution < -0.4 is 0 Å². The van der Waals surface area contributed by atoms with Crippen LogP contribution >= 0.6 is 0 Å². The first-order valence-electron chi connectivity index (χ1n) is 8.71. The molecule has 3 aliphatic rings. The average molecular weight is 320 g/mol. The number of morpholine rings is 1.